The number of hydrogen-bond acceptors (Lipinski definition) is 4. The van der Waals surface area contributed by atoms with Crippen LogP contribution < -0.4 is 5.32 Å². The second-order valence-electron chi connectivity index (χ2n) is 3.32. The second kappa shape index (κ2) is 7.68. The summed E-state index contributed by atoms with van der Waals surface area (Å²) in [6, 6.07) is 0. The predicted molar refractivity (Wildman–Crippen MR) is 67.7 cm³/mol. The fraction of sp³-hybridized carbons (Fsp3) is 0.600. The molecule has 3 nitrogen and oxygen atoms in total. The van der Waals surface area contributed by atoms with Crippen molar-refractivity contribution in [2.24, 2.45) is 0 Å². The third kappa shape index (κ3) is 4.99. The number of rotatable bonds is 7. The molecule has 1 heterocycles. The fourth-order valence-electron chi connectivity index (χ4n) is 1.22. The molecular weight excluding hydrogens is 249 g/mol. The summed E-state index contributed by atoms with van der Waals surface area (Å²) < 4.78 is 13.2. The van der Waals surface area contributed by atoms with Gasteiger partial charge in [0.25, 0.3) is 0 Å². The molecule has 0 aliphatic rings. The Morgan fingerprint density at radius 2 is 2.25 bits per heavy atom. The molecule has 1 N–H and O–H groups in total. The highest BCUT2D eigenvalue weighted by atomic mass is 35.5. The zero-order valence-corrected chi connectivity index (χ0v) is 10.7. The molecule has 0 aromatic carbocycles. The van der Waals surface area contributed by atoms with Crippen LogP contribution in [0.1, 0.15) is 19.3 Å². The van der Waals surface area contributed by atoms with Crippen LogP contribution in [0.3, 0.4) is 0 Å². The number of anilines is 1. The highest BCUT2D eigenvalue weighted by Crippen LogP contribution is 2.12. The Kier molecular flexibility index (Phi) is 6.49. The summed E-state index contributed by atoms with van der Waals surface area (Å²) in [4.78, 5) is 7.32. The molecular formula is C10H15ClFN3S. The van der Waals surface area contributed by atoms with Gasteiger partial charge in [0.15, 0.2) is 11.6 Å². The molecule has 0 atom stereocenters. The summed E-state index contributed by atoms with van der Waals surface area (Å²) in [5, 5.41) is 2.97. The Morgan fingerprint density at radius 1 is 1.44 bits per heavy atom. The second-order valence-corrected chi connectivity index (χ2v) is 4.64. The van der Waals surface area contributed by atoms with Crippen molar-refractivity contribution in [2.75, 3.05) is 23.9 Å². The summed E-state index contributed by atoms with van der Waals surface area (Å²) in [6.45, 7) is 0.707. The van der Waals surface area contributed by atoms with Crippen molar-refractivity contribution in [3.05, 3.63) is 17.3 Å². The maximum absolute atomic E-state index is 13.2. The van der Waals surface area contributed by atoms with Crippen LogP contribution in [0.15, 0.2) is 6.20 Å². The van der Waals surface area contributed by atoms with Crippen LogP contribution in [-0.2, 0) is 0 Å². The molecule has 6 heteroatoms. The Bertz CT molecular complexity index is 325. The quantitative estimate of drug-likeness (QED) is 0.606. The predicted octanol–water partition coefficient (Wildman–Crippen LogP) is 3.21. The van der Waals surface area contributed by atoms with Crippen molar-refractivity contribution < 1.29 is 4.39 Å². The summed E-state index contributed by atoms with van der Waals surface area (Å²) >= 11 is 7.41. The third-order valence-corrected chi connectivity index (χ3v) is 2.91. The highest BCUT2D eigenvalue weighted by molar-refractivity contribution is 7.98. The molecule has 1 aromatic rings. The van der Waals surface area contributed by atoms with E-state index < -0.39 is 5.82 Å². The van der Waals surface area contributed by atoms with Crippen molar-refractivity contribution in [2.45, 2.75) is 19.3 Å². The first kappa shape index (κ1) is 13.5. The van der Waals surface area contributed by atoms with Crippen molar-refractivity contribution in [3.8, 4) is 0 Å². The minimum Gasteiger partial charge on any atom is -0.367 e. The number of hydrogen-bond donors (Lipinski definition) is 1. The van der Waals surface area contributed by atoms with E-state index in [0.29, 0.717) is 6.54 Å². The zero-order valence-electron chi connectivity index (χ0n) is 9.17. The molecule has 16 heavy (non-hydrogen) atoms. The minimum atomic E-state index is -0.464. The first-order chi connectivity index (χ1) is 7.74. The molecule has 0 saturated carbocycles. The van der Waals surface area contributed by atoms with Crippen molar-refractivity contribution in [1.82, 2.24) is 9.97 Å². The van der Waals surface area contributed by atoms with E-state index in [9.17, 15) is 4.39 Å². The van der Waals surface area contributed by atoms with Crippen LogP contribution in [0.5, 0.6) is 0 Å². The first-order valence-electron chi connectivity index (χ1n) is 5.15. The molecule has 1 rings (SSSR count). The van der Waals surface area contributed by atoms with Gasteiger partial charge in [-0.1, -0.05) is 6.42 Å². The lowest BCUT2D eigenvalue weighted by Gasteiger charge is -2.05. The van der Waals surface area contributed by atoms with Crippen molar-refractivity contribution >= 4 is 29.2 Å². The van der Waals surface area contributed by atoms with Crippen LogP contribution in [0, 0.1) is 5.82 Å². The van der Waals surface area contributed by atoms with Gasteiger partial charge >= 0.3 is 0 Å². The van der Waals surface area contributed by atoms with Crippen LogP contribution in [0.4, 0.5) is 10.2 Å². The summed E-state index contributed by atoms with van der Waals surface area (Å²) in [5.41, 5.74) is 0. The Labute approximate surface area is 104 Å². The largest absolute Gasteiger partial charge is 0.367 e. The van der Waals surface area contributed by atoms with E-state index in [4.69, 9.17) is 11.6 Å². The molecule has 0 bridgehead atoms. The van der Waals surface area contributed by atoms with Gasteiger partial charge in [0.2, 0.25) is 5.28 Å². The lowest BCUT2D eigenvalue weighted by Crippen LogP contribution is -2.06. The van der Waals surface area contributed by atoms with Gasteiger partial charge in [-0.2, -0.15) is 16.7 Å². The monoisotopic (exact) mass is 263 g/mol. The third-order valence-electron chi connectivity index (χ3n) is 2.03. The molecule has 90 valence electrons. The van der Waals surface area contributed by atoms with E-state index in [1.807, 2.05) is 11.8 Å². The van der Waals surface area contributed by atoms with Gasteiger partial charge in [-0.25, -0.2) is 9.37 Å². The Balaban J connectivity index is 2.23. The standard InChI is InChI=1S/C10H15ClFN3S/c1-16-6-4-2-3-5-13-9-8(12)7-14-10(11)15-9/h7H,2-6H2,1H3,(H,13,14,15). The van der Waals surface area contributed by atoms with Gasteiger partial charge in [0.1, 0.15) is 0 Å². The average molecular weight is 264 g/mol. The van der Waals surface area contributed by atoms with Crippen LogP contribution >= 0.6 is 23.4 Å². The zero-order chi connectivity index (χ0) is 11.8. The van der Waals surface area contributed by atoms with Crippen LogP contribution in [-0.4, -0.2) is 28.5 Å². The normalized spacial score (nSPS) is 10.4. The van der Waals surface area contributed by atoms with Gasteiger partial charge in [0, 0.05) is 6.54 Å². The molecule has 0 radical (unpaired) electrons. The summed E-state index contributed by atoms with van der Waals surface area (Å²) in [5.74, 6) is 0.895. The van der Waals surface area contributed by atoms with Gasteiger partial charge in [-0.15, -0.1) is 0 Å². The topological polar surface area (TPSA) is 37.8 Å². The maximum atomic E-state index is 13.2. The maximum Gasteiger partial charge on any atom is 0.224 e. The molecule has 0 aliphatic heterocycles. The molecule has 0 fully saturated rings. The number of unbranched alkanes of at least 4 members (excludes halogenated alkanes) is 2. The fourth-order valence-corrected chi connectivity index (χ4v) is 1.85. The molecule has 0 amide bonds. The van der Waals surface area contributed by atoms with E-state index in [2.05, 4.69) is 21.5 Å². The van der Waals surface area contributed by atoms with E-state index >= 15 is 0 Å². The van der Waals surface area contributed by atoms with Crippen LogP contribution in [0.25, 0.3) is 0 Å². The minimum absolute atomic E-state index is 0.0614. The van der Waals surface area contributed by atoms with E-state index in [1.54, 1.807) is 0 Å². The summed E-state index contributed by atoms with van der Waals surface area (Å²) in [6.07, 6.45) is 6.49. The van der Waals surface area contributed by atoms with Gasteiger partial charge in [-0.3, -0.25) is 0 Å². The van der Waals surface area contributed by atoms with Gasteiger partial charge < -0.3 is 5.32 Å². The number of halogens is 2. The smallest absolute Gasteiger partial charge is 0.224 e. The highest BCUT2D eigenvalue weighted by Gasteiger charge is 2.04. The van der Waals surface area contributed by atoms with E-state index in [-0.39, 0.29) is 11.1 Å². The number of thioether (sulfide) groups is 1. The number of aromatic nitrogens is 2. The van der Waals surface area contributed by atoms with Crippen molar-refractivity contribution in [3.63, 3.8) is 0 Å². The molecule has 0 saturated heterocycles. The number of nitrogens with one attached hydrogen (secondary N) is 1. The van der Waals surface area contributed by atoms with E-state index in [0.717, 1.165) is 19.0 Å². The summed E-state index contributed by atoms with van der Waals surface area (Å²) in [7, 11) is 0. The average Bonchev–Trinajstić information content (AvgIpc) is 2.28. The van der Waals surface area contributed by atoms with Gasteiger partial charge in [0.05, 0.1) is 6.20 Å². The van der Waals surface area contributed by atoms with Gasteiger partial charge in [-0.05, 0) is 36.5 Å². The molecule has 0 unspecified atom stereocenters. The van der Waals surface area contributed by atoms with Crippen LogP contribution in [0.2, 0.25) is 5.28 Å². The molecule has 0 spiro atoms. The first-order valence-corrected chi connectivity index (χ1v) is 6.92. The SMILES string of the molecule is CSCCCCCNc1nc(Cl)ncc1F. The lowest BCUT2D eigenvalue weighted by molar-refractivity contribution is 0.615. The van der Waals surface area contributed by atoms with E-state index in [1.165, 1.54) is 12.2 Å². The Hall–Kier alpha value is -0.550. The molecule has 0 aliphatic carbocycles. The van der Waals surface area contributed by atoms with Crippen molar-refractivity contribution in [1.29, 1.82) is 0 Å². The molecule has 1 aromatic heterocycles. The number of nitrogens with zero attached hydrogens (tertiary/aromatic N) is 2. The lowest BCUT2D eigenvalue weighted by atomic mass is 10.2. The Morgan fingerprint density at radius 3 is 3.00 bits per heavy atom.